The van der Waals surface area contributed by atoms with E-state index in [1.807, 2.05) is 12.1 Å². The molecule has 34 heavy (non-hydrogen) atoms. The lowest BCUT2D eigenvalue weighted by Crippen LogP contribution is -2.09. The number of aromatic nitrogens is 3. The predicted octanol–water partition coefficient (Wildman–Crippen LogP) is 7.94. The summed E-state index contributed by atoms with van der Waals surface area (Å²) in [6.07, 6.45) is 19.1. The van der Waals surface area contributed by atoms with Gasteiger partial charge in [-0.1, -0.05) is 91.9 Å². The summed E-state index contributed by atoms with van der Waals surface area (Å²) in [7, 11) is 0.429. The summed E-state index contributed by atoms with van der Waals surface area (Å²) in [6.45, 7) is 9.99. The van der Waals surface area contributed by atoms with Gasteiger partial charge < -0.3 is 9.16 Å². The van der Waals surface area contributed by atoms with Crippen LogP contribution < -0.4 is 9.16 Å². The normalized spacial score (nSPS) is 12.9. The van der Waals surface area contributed by atoms with E-state index in [1.54, 1.807) is 18.6 Å². The number of nitrogens with zero attached hydrogens (tertiary/aromatic N) is 3. The van der Waals surface area contributed by atoms with E-state index < -0.39 is 0 Å². The van der Waals surface area contributed by atoms with Crippen LogP contribution in [0, 0.1) is 11.8 Å². The third-order valence-corrected chi connectivity index (χ3v) is 7.42. The molecule has 0 saturated heterocycles. The van der Waals surface area contributed by atoms with Crippen LogP contribution in [-0.2, 0) is 0 Å². The first-order chi connectivity index (χ1) is 16.7. The summed E-state index contributed by atoms with van der Waals surface area (Å²) in [6, 6.07) is 4.96. The Kier molecular flexibility index (Phi) is 14.5. The van der Waals surface area contributed by atoms with Gasteiger partial charge in [0.1, 0.15) is 17.1 Å². The molecule has 188 valence electrons. The van der Waals surface area contributed by atoms with Crippen LogP contribution in [0.4, 0.5) is 0 Å². The zero-order valence-corrected chi connectivity index (χ0v) is 22.9. The van der Waals surface area contributed by atoms with Gasteiger partial charge in [-0.25, -0.2) is 9.97 Å². The van der Waals surface area contributed by atoms with Gasteiger partial charge in [0, 0.05) is 6.20 Å². The second-order valence-electron chi connectivity index (χ2n) is 9.44. The molecule has 0 aliphatic carbocycles. The number of hydrogen-bond donors (Lipinski definition) is 0. The highest BCUT2D eigenvalue weighted by atomic mass is 28.2. The number of ether oxygens (including phenoxy) is 1. The monoisotopic (exact) mass is 483 g/mol. The number of unbranched alkanes of at least 4 members (excludes halogenated alkanes) is 6. The Morgan fingerprint density at radius 1 is 0.824 bits per heavy atom. The molecule has 0 amide bonds. The SMILES string of the molecule is CCCCCCCCOc1cnc(-c2ncccc2O[Si]CCCC(C)C(C)CCCC)cn1. The summed E-state index contributed by atoms with van der Waals surface area (Å²) in [5.74, 6) is 2.94. The van der Waals surface area contributed by atoms with E-state index in [0.717, 1.165) is 35.7 Å². The van der Waals surface area contributed by atoms with E-state index in [-0.39, 0.29) is 0 Å². The van der Waals surface area contributed by atoms with Crippen LogP contribution in [0.15, 0.2) is 30.7 Å². The van der Waals surface area contributed by atoms with E-state index in [2.05, 4.69) is 42.6 Å². The van der Waals surface area contributed by atoms with Crippen molar-refractivity contribution < 1.29 is 9.16 Å². The largest absolute Gasteiger partial charge is 0.539 e. The van der Waals surface area contributed by atoms with E-state index in [4.69, 9.17) is 9.16 Å². The molecule has 2 rings (SSSR count). The first-order valence-corrected chi connectivity index (χ1v) is 14.6. The van der Waals surface area contributed by atoms with Crippen molar-refractivity contribution in [3.05, 3.63) is 30.7 Å². The van der Waals surface area contributed by atoms with E-state index in [0.29, 0.717) is 27.9 Å². The average Bonchev–Trinajstić information content (AvgIpc) is 2.87. The predicted molar refractivity (Wildman–Crippen MR) is 142 cm³/mol. The van der Waals surface area contributed by atoms with Crippen molar-refractivity contribution in [3.63, 3.8) is 0 Å². The van der Waals surface area contributed by atoms with Gasteiger partial charge in [-0.15, -0.1) is 0 Å². The minimum atomic E-state index is 0.429. The summed E-state index contributed by atoms with van der Waals surface area (Å²) < 4.78 is 11.9. The molecule has 0 aliphatic rings. The van der Waals surface area contributed by atoms with Crippen molar-refractivity contribution in [2.45, 2.75) is 104 Å². The van der Waals surface area contributed by atoms with Crippen molar-refractivity contribution in [2.24, 2.45) is 11.8 Å². The molecule has 0 fully saturated rings. The highest BCUT2D eigenvalue weighted by Crippen LogP contribution is 2.27. The lowest BCUT2D eigenvalue weighted by atomic mass is 9.88. The fourth-order valence-corrected chi connectivity index (χ4v) is 4.73. The first kappa shape index (κ1) is 28.3. The molecular weight excluding hydrogens is 438 g/mol. The smallest absolute Gasteiger partial charge is 0.310 e. The number of pyridine rings is 1. The van der Waals surface area contributed by atoms with Crippen LogP contribution in [0.5, 0.6) is 11.6 Å². The van der Waals surface area contributed by atoms with Gasteiger partial charge in [-0.05, 0) is 36.4 Å². The highest BCUT2D eigenvalue weighted by Gasteiger charge is 2.13. The Morgan fingerprint density at radius 2 is 1.56 bits per heavy atom. The van der Waals surface area contributed by atoms with Gasteiger partial charge in [0.15, 0.2) is 0 Å². The van der Waals surface area contributed by atoms with E-state index in [1.165, 1.54) is 64.2 Å². The minimum absolute atomic E-state index is 0.429. The molecule has 2 aromatic heterocycles. The van der Waals surface area contributed by atoms with Gasteiger partial charge >= 0.3 is 9.76 Å². The lowest BCUT2D eigenvalue weighted by molar-refractivity contribution is 0.292. The molecule has 0 saturated carbocycles. The maximum atomic E-state index is 6.11. The molecule has 0 N–H and O–H groups in total. The summed E-state index contributed by atoms with van der Waals surface area (Å²) in [5, 5.41) is 0. The van der Waals surface area contributed by atoms with Gasteiger partial charge in [-0.2, -0.15) is 0 Å². The van der Waals surface area contributed by atoms with E-state index in [9.17, 15) is 0 Å². The highest BCUT2D eigenvalue weighted by molar-refractivity contribution is 6.28. The zero-order chi connectivity index (χ0) is 24.4. The molecule has 2 heterocycles. The molecule has 0 aliphatic heterocycles. The third-order valence-electron chi connectivity index (χ3n) is 6.49. The molecule has 0 spiro atoms. The van der Waals surface area contributed by atoms with Gasteiger partial charge in [0.25, 0.3) is 0 Å². The van der Waals surface area contributed by atoms with Crippen LogP contribution in [0.2, 0.25) is 6.04 Å². The zero-order valence-electron chi connectivity index (χ0n) is 21.9. The summed E-state index contributed by atoms with van der Waals surface area (Å²) >= 11 is 0. The van der Waals surface area contributed by atoms with Crippen LogP contribution in [0.1, 0.15) is 98.3 Å². The van der Waals surface area contributed by atoms with Crippen LogP contribution in [0.25, 0.3) is 11.4 Å². The molecule has 2 radical (unpaired) electrons. The van der Waals surface area contributed by atoms with Gasteiger partial charge in [-0.3, -0.25) is 4.98 Å². The molecule has 5 nitrogen and oxygen atoms in total. The number of hydrogen-bond acceptors (Lipinski definition) is 5. The average molecular weight is 484 g/mol. The van der Waals surface area contributed by atoms with Crippen molar-refractivity contribution in [1.82, 2.24) is 15.0 Å². The molecular formula is C28H45N3O2Si. The first-order valence-electron chi connectivity index (χ1n) is 13.5. The fraction of sp³-hybridized carbons (Fsp3) is 0.679. The Balaban J connectivity index is 1.74. The molecule has 2 atom stereocenters. The second-order valence-corrected chi connectivity index (χ2v) is 10.4. The third kappa shape index (κ3) is 11.0. The molecule has 2 aromatic rings. The van der Waals surface area contributed by atoms with Crippen molar-refractivity contribution in [2.75, 3.05) is 6.61 Å². The van der Waals surface area contributed by atoms with Crippen molar-refractivity contribution in [3.8, 4) is 23.0 Å². The van der Waals surface area contributed by atoms with Crippen molar-refractivity contribution in [1.29, 1.82) is 0 Å². The number of rotatable bonds is 19. The molecule has 0 aromatic carbocycles. The summed E-state index contributed by atoms with van der Waals surface area (Å²) in [4.78, 5) is 13.5. The minimum Gasteiger partial charge on any atom is -0.539 e. The van der Waals surface area contributed by atoms with Crippen LogP contribution >= 0.6 is 0 Å². The second kappa shape index (κ2) is 17.5. The lowest BCUT2D eigenvalue weighted by Gasteiger charge is -2.19. The topological polar surface area (TPSA) is 57.1 Å². The van der Waals surface area contributed by atoms with E-state index >= 15 is 0 Å². The Bertz CT molecular complexity index is 773. The maximum absolute atomic E-state index is 6.11. The van der Waals surface area contributed by atoms with Gasteiger partial charge in [0.05, 0.1) is 19.0 Å². The standard InChI is InChI=1S/C28H45N3O2Si/c1-5-7-9-10-11-12-19-32-27-22-30-25(21-31-27)28-26(17-13-18-29-28)33-34-20-14-16-24(4)23(3)15-8-6-2/h13,17-18,21-24H,5-12,14-16,19-20H2,1-4H3. The van der Waals surface area contributed by atoms with Crippen molar-refractivity contribution >= 4 is 9.76 Å². The van der Waals surface area contributed by atoms with Gasteiger partial charge in [0.2, 0.25) is 5.88 Å². The molecule has 0 bridgehead atoms. The maximum Gasteiger partial charge on any atom is 0.310 e. The molecule has 2 unspecified atom stereocenters. The van der Waals surface area contributed by atoms with Crippen LogP contribution in [0.3, 0.4) is 0 Å². The molecule has 6 heteroatoms. The Labute approximate surface area is 210 Å². The Hall–Kier alpha value is -1.95. The summed E-state index contributed by atoms with van der Waals surface area (Å²) in [5.41, 5.74) is 1.46. The fourth-order valence-electron chi connectivity index (χ4n) is 3.96. The Morgan fingerprint density at radius 3 is 2.29 bits per heavy atom. The van der Waals surface area contributed by atoms with Crippen LogP contribution in [-0.4, -0.2) is 31.3 Å². The quantitative estimate of drug-likeness (QED) is 0.150.